The van der Waals surface area contributed by atoms with Gasteiger partial charge in [0, 0.05) is 12.7 Å². The molecule has 1 aromatic heterocycles. The normalized spacial score (nSPS) is 11.6. The van der Waals surface area contributed by atoms with E-state index in [1.807, 2.05) is 0 Å². The van der Waals surface area contributed by atoms with Crippen LogP contribution in [0.15, 0.2) is 18.6 Å². The van der Waals surface area contributed by atoms with Crippen molar-refractivity contribution in [3.8, 4) is 0 Å². The number of hydrogen-bond acceptors (Lipinski definition) is 4. The second-order valence-corrected chi connectivity index (χ2v) is 4.19. The third kappa shape index (κ3) is 6.35. The minimum absolute atomic E-state index is 0.290. The molecule has 0 bridgehead atoms. The molecule has 0 saturated carbocycles. The minimum atomic E-state index is -0.812. The molecule has 0 fully saturated rings. The van der Waals surface area contributed by atoms with Crippen molar-refractivity contribution in [1.82, 2.24) is 20.6 Å². The first-order valence-corrected chi connectivity index (χ1v) is 6.09. The lowest BCUT2D eigenvalue weighted by Gasteiger charge is -2.08. The van der Waals surface area contributed by atoms with Crippen LogP contribution >= 0.6 is 0 Å². The largest absolute Gasteiger partial charge is 0.481 e. The smallest absolute Gasteiger partial charge is 0.315 e. The van der Waals surface area contributed by atoms with E-state index in [4.69, 9.17) is 5.11 Å². The minimum Gasteiger partial charge on any atom is -0.481 e. The zero-order chi connectivity index (χ0) is 14.1. The highest BCUT2D eigenvalue weighted by Crippen LogP contribution is 2.03. The van der Waals surface area contributed by atoms with E-state index in [1.54, 1.807) is 19.2 Å². The van der Waals surface area contributed by atoms with Crippen molar-refractivity contribution in [2.75, 3.05) is 6.54 Å². The Labute approximate surface area is 111 Å². The highest BCUT2D eigenvalue weighted by molar-refractivity contribution is 5.73. The number of rotatable bonds is 7. The number of nitrogens with one attached hydrogen (secondary N) is 2. The number of carboxylic acid groups (broad SMARTS) is 1. The Balaban J connectivity index is 2.10. The molecule has 0 aromatic carbocycles. The fourth-order valence-corrected chi connectivity index (χ4v) is 1.39. The second-order valence-electron chi connectivity index (χ2n) is 4.19. The quantitative estimate of drug-likeness (QED) is 0.632. The number of hydrogen-bond donors (Lipinski definition) is 3. The molecule has 1 heterocycles. The van der Waals surface area contributed by atoms with Gasteiger partial charge in [0.05, 0.1) is 18.2 Å². The molecular formula is C12H18N4O3. The number of carbonyl (C=O) groups excluding carboxylic acids is 1. The van der Waals surface area contributed by atoms with E-state index in [2.05, 4.69) is 20.6 Å². The van der Waals surface area contributed by atoms with Gasteiger partial charge in [0.15, 0.2) is 0 Å². The molecule has 1 aromatic rings. The van der Waals surface area contributed by atoms with Crippen LogP contribution < -0.4 is 10.6 Å². The number of amides is 2. The Morgan fingerprint density at radius 3 is 2.84 bits per heavy atom. The highest BCUT2D eigenvalue weighted by atomic mass is 16.4. The van der Waals surface area contributed by atoms with E-state index in [-0.39, 0.29) is 11.9 Å². The van der Waals surface area contributed by atoms with Crippen molar-refractivity contribution in [2.24, 2.45) is 5.92 Å². The van der Waals surface area contributed by atoms with Crippen molar-refractivity contribution in [3.63, 3.8) is 0 Å². The van der Waals surface area contributed by atoms with Crippen LogP contribution in [-0.4, -0.2) is 33.6 Å². The lowest BCUT2D eigenvalue weighted by atomic mass is 10.1. The predicted octanol–water partition coefficient (Wildman–Crippen LogP) is 0.777. The van der Waals surface area contributed by atoms with Gasteiger partial charge in [-0.2, -0.15) is 0 Å². The molecular weight excluding hydrogens is 248 g/mol. The number of aromatic nitrogens is 2. The molecule has 0 spiro atoms. The van der Waals surface area contributed by atoms with Crippen molar-refractivity contribution in [3.05, 3.63) is 24.3 Å². The van der Waals surface area contributed by atoms with Gasteiger partial charge in [-0.1, -0.05) is 6.92 Å². The molecule has 0 aliphatic carbocycles. The van der Waals surface area contributed by atoms with Crippen molar-refractivity contribution in [1.29, 1.82) is 0 Å². The third-order valence-corrected chi connectivity index (χ3v) is 2.59. The molecule has 1 rings (SSSR count). The molecule has 0 aliphatic rings. The number of carboxylic acids is 1. The summed E-state index contributed by atoms with van der Waals surface area (Å²) in [7, 11) is 0. The Bertz CT molecular complexity index is 411. The summed E-state index contributed by atoms with van der Waals surface area (Å²) in [4.78, 5) is 29.7. The van der Waals surface area contributed by atoms with Gasteiger partial charge in [-0.3, -0.25) is 4.79 Å². The lowest BCUT2D eigenvalue weighted by molar-refractivity contribution is -0.141. The van der Waals surface area contributed by atoms with Gasteiger partial charge in [0.2, 0.25) is 0 Å². The second kappa shape index (κ2) is 8.02. The van der Waals surface area contributed by atoms with Gasteiger partial charge >= 0.3 is 12.0 Å². The number of urea groups is 1. The first-order valence-electron chi connectivity index (χ1n) is 6.09. The average molecular weight is 266 g/mol. The van der Waals surface area contributed by atoms with Crippen molar-refractivity contribution >= 4 is 12.0 Å². The number of nitrogens with zero attached hydrogens (tertiary/aromatic N) is 2. The molecule has 1 atom stereocenters. The van der Waals surface area contributed by atoms with E-state index < -0.39 is 5.97 Å². The Kier molecular flexibility index (Phi) is 6.28. The van der Waals surface area contributed by atoms with Gasteiger partial charge < -0.3 is 15.7 Å². The van der Waals surface area contributed by atoms with Crippen LogP contribution in [-0.2, 0) is 11.3 Å². The molecule has 0 radical (unpaired) electrons. The Morgan fingerprint density at radius 1 is 1.42 bits per heavy atom. The molecule has 7 nitrogen and oxygen atoms in total. The van der Waals surface area contributed by atoms with Gasteiger partial charge in [-0.25, -0.2) is 14.8 Å². The fourth-order valence-electron chi connectivity index (χ4n) is 1.39. The van der Waals surface area contributed by atoms with E-state index in [0.717, 1.165) is 5.69 Å². The fraction of sp³-hybridized carbons (Fsp3) is 0.500. The summed E-state index contributed by atoms with van der Waals surface area (Å²) >= 11 is 0. The molecule has 2 amide bonds. The maximum atomic E-state index is 11.4. The monoisotopic (exact) mass is 266 g/mol. The van der Waals surface area contributed by atoms with Crippen LogP contribution in [0, 0.1) is 5.92 Å². The van der Waals surface area contributed by atoms with E-state index in [0.29, 0.717) is 25.9 Å². The summed E-state index contributed by atoms with van der Waals surface area (Å²) in [6, 6.07) is 1.43. The summed E-state index contributed by atoms with van der Waals surface area (Å²) in [6.45, 7) is 2.44. The summed E-state index contributed by atoms with van der Waals surface area (Å²) in [5.41, 5.74) is 0.727. The van der Waals surface area contributed by atoms with Gasteiger partial charge in [-0.15, -0.1) is 0 Å². The zero-order valence-electron chi connectivity index (χ0n) is 10.8. The van der Waals surface area contributed by atoms with Crippen LogP contribution in [0.4, 0.5) is 4.79 Å². The van der Waals surface area contributed by atoms with Crippen molar-refractivity contribution < 1.29 is 14.7 Å². The summed E-state index contributed by atoms with van der Waals surface area (Å²) in [5.74, 6) is -1.20. The van der Waals surface area contributed by atoms with E-state index in [9.17, 15) is 9.59 Å². The van der Waals surface area contributed by atoms with Crippen LogP contribution in [0.5, 0.6) is 0 Å². The molecule has 3 N–H and O–H groups in total. The maximum Gasteiger partial charge on any atom is 0.315 e. The van der Waals surface area contributed by atoms with Crippen LogP contribution in [0.1, 0.15) is 25.5 Å². The predicted molar refractivity (Wildman–Crippen MR) is 68.3 cm³/mol. The molecule has 104 valence electrons. The van der Waals surface area contributed by atoms with Crippen LogP contribution in [0.2, 0.25) is 0 Å². The molecule has 19 heavy (non-hydrogen) atoms. The van der Waals surface area contributed by atoms with Crippen LogP contribution in [0.25, 0.3) is 0 Å². The topological polar surface area (TPSA) is 104 Å². The first-order chi connectivity index (χ1) is 9.09. The third-order valence-electron chi connectivity index (χ3n) is 2.59. The Morgan fingerprint density at radius 2 is 2.21 bits per heavy atom. The number of carbonyl (C=O) groups is 2. The van der Waals surface area contributed by atoms with E-state index >= 15 is 0 Å². The molecule has 1 unspecified atom stereocenters. The van der Waals surface area contributed by atoms with Gasteiger partial charge in [-0.05, 0) is 18.9 Å². The highest BCUT2D eigenvalue weighted by Gasteiger charge is 2.09. The summed E-state index contributed by atoms with van der Waals surface area (Å²) in [5, 5.41) is 14.0. The maximum absolute atomic E-state index is 11.4. The average Bonchev–Trinajstić information content (AvgIpc) is 2.42. The first kappa shape index (κ1) is 14.9. The molecule has 0 saturated heterocycles. The van der Waals surface area contributed by atoms with Crippen LogP contribution in [0.3, 0.4) is 0 Å². The zero-order valence-corrected chi connectivity index (χ0v) is 10.8. The Hall–Kier alpha value is -2.18. The van der Waals surface area contributed by atoms with Gasteiger partial charge in [0.25, 0.3) is 0 Å². The summed E-state index contributed by atoms with van der Waals surface area (Å²) in [6.07, 6.45) is 4.20. The van der Waals surface area contributed by atoms with Gasteiger partial charge in [0.1, 0.15) is 6.33 Å². The SMILES string of the molecule is CC(CCCNC(=O)NCc1ccncn1)C(=O)O. The lowest BCUT2D eigenvalue weighted by Crippen LogP contribution is -2.35. The summed E-state index contributed by atoms with van der Waals surface area (Å²) < 4.78 is 0. The van der Waals surface area contributed by atoms with Crippen molar-refractivity contribution in [2.45, 2.75) is 26.3 Å². The molecule has 0 aliphatic heterocycles. The standard InChI is InChI=1S/C12H18N4O3/c1-9(11(17)18)3-2-5-14-12(19)15-7-10-4-6-13-8-16-10/h4,6,8-9H,2-3,5,7H2,1H3,(H,17,18)(H2,14,15,19). The van der Waals surface area contributed by atoms with E-state index in [1.165, 1.54) is 6.33 Å². The number of aliphatic carboxylic acids is 1. The molecule has 7 heteroatoms.